The van der Waals surface area contributed by atoms with Gasteiger partial charge in [0.1, 0.15) is 10.6 Å². The minimum absolute atomic E-state index is 0.322. The molecule has 0 unspecified atom stereocenters. The van der Waals surface area contributed by atoms with E-state index in [4.69, 9.17) is 4.74 Å². The van der Waals surface area contributed by atoms with Crippen molar-refractivity contribution in [2.75, 3.05) is 31.4 Å². The van der Waals surface area contributed by atoms with Crippen molar-refractivity contribution >= 4 is 40.1 Å². The number of hydrogen-bond acceptors (Lipinski definition) is 8. The van der Waals surface area contributed by atoms with Crippen LogP contribution in [0.1, 0.15) is 26.4 Å². The zero-order chi connectivity index (χ0) is 18.4. The first-order valence-corrected chi connectivity index (χ1v) is 8.03. The molecule has 0 fully saturated rings. The predicted octanol–water partition coefficient (Wildman–Crippen LogP) is 2.08. The van der Waals surface area contributed by atoms with E-state index in [0.717, 1.165) is 11.5 Å². The Hall–Kier alpha value is -2.94. The highest BCUT2D eigenvalue weighted by molar-refractivity contribution is 7.10. The number of esters is 2. The number of anilines is 2. The normalized spacial score (nSPS) is 10.0. The zero-order valence-corrected chi connectivity index (χ0v) is 14.7. The van der Waals surface area contributed by atoms with Crippen molar-refractivity contribution in [2.24, 2.45) is 0 Å². The Balaban J connectivity index is 1.91. The third-order valence-corrected chi connectivity index (χ3v) is 4.17. The molecule has 0 radical (unpaired) electrons. The first-order chi connectivity index (χ1) is 12.0. The lowest BCUT2D eigenvalue weighted by Gasteiger charge is -2.08. The molecule has 25 heavy (non-hydrogen) atoms. The van der Waals surface area contributed by atoms with E-state index in [1.165, 1.54) is 19.2 Å². The van der Waals surface area contributed by atoms with Crippen LogP contribution in [0.15, 0.2) is 24.3 Å². The van der Waals surface area contributed by atoms with Crippen LogP contribution in [0.25, 0.3) is 0 Å². The van der Waals surface area contributed by atoms with Gasteiger partial charge in [0.25, 0.3) is 5.91 Å². The van der Waals surface area contributed by atoms with Gasteiger partial charge >= 0.3 is 11.9 Å². The number of aryl methyl sites for hydroxylation is 1. The molecule has 8 nitrogen and oxygen atoms in total. The fourth-order valence-electron chi connectivity index (χ4n) is 1.99. The minimum atomic E-state index is -0.619. The quantitative estimate of drug-likeness (QED) is 0.757. The van der Waals surface area contributed by atoms with E-state index in [-0.39, 0.29) is 0 Å². The number of amides is 1. The average Bonchev–Trinajstić information content (AvgIpc) is 3.00. The lowest BCUT2D eigenvalue weighted by Crippen LogP contribution is -2.21. The van der Waals surface area contributed by atoms with E-state index in [0.29, 0.717) is 27.5 Å². The smallest absolute Gasteiger partial charge is 0.343 e. The van der Waals surface area contributed by atoms with E-state index in [1.54, 1.807) is 26.1 Å². The number of nitrogens with one attached hydrogen (secondary N) is 2. The number of nitrogens with zero attached hydrogens (tertiary/aromatic N) is 1. The van der Waals surface area contributed by atoms with Crippen molar-refractivity contribution in [1.29, 1.82) is 0 Å². The van der Waals surface area contributed by atoms with Crippen molar-refractivity contribution in [3.63, 3.8) is 0 Å². The Morgan fingerprint density at radius 1 is 1.16 bits per heavy atom. The molecule has 2 rings (SSSR count). The van der Waals surface area contributed by atoms with Crippen molar-refractivity contribution in [3.05, 3.63) is 41.1 Å². The van der Waals surface area contributed by atoms with Crippen molar-refractivity contribution in [3.8, 4) is 0 Å². The Bertz CT molecular complexity index is 786. The van der Waals surface area contributed by atoms with Crippen LogP contribution in [-0.2, 0) is 14.3 Å². The van der Waals surface area contributed by atoms with Gasteiger partial charge in [-0.1, -0.05) is 0 Å². The largest absolute Gasteiger partial charge is 0.465 e. The number of ether oxygens (including phenoxy) is 2. The van der Waals surface area contributed by atoms with Crippen LogP contribution in [0.2, 0.25) is 0 Å². The second kappa shape index (κ2) is 8.25. The fourth-order valence-corrected chi connectivity index (χ4v) is 2.72. The van der Waals surface area contributed by atoms with E-state index < -0.39 is 24.5 Å². The van der Waals surface area contributed by atoms with E-state index in [9.17, 15) is 14.4 Å². The first kappa shape index (κ1) is 18.4. The fraction of sp³-hybridized carbons (Fsp3) is 0.250. The monoisotopic (exact) mass is 363 g/mol. The van der Waals surface area contributed by atoms with Crippen LogP contribution in [0.3, 0.4) is 0 Å². The van der Waals surface area contributed by atoms with Gasteiger partial charge in [-0.25, -0.2) is 9.59 Å². The molecule has 0 aliphatic rings. The summed E-state index contributed by atoms with van der Waals surface area (Å²) in [6.45, 7) is 1.26. The molecule has 1 aromatic heterocycles. The average molecular weight is 363 g/mol. The van der Waals surface area contributed by atoms with Crippen molar-refractivity contribution in [1.82, 2.24) is 4.37 Å². The van der Waals surface area contributed by atoms with E-state index >= 15 is 0 Å². The number of rotatable bonds is 6. The highest BCUT2D eigenvalue weighted by Crippen LogP contribution is 2.24. The highest BCUT2D eigenvalue weighted by atomic mass is 32.1. The lowest BCUT2D eigenvalue weighted by molar-refractivity contribution is -0.119. The molecule has 2 N–H and O–H groups in total. The van der Waals surface area contributed by atoms with Crippen LogP contribution >= 0.6 is 11.5 Å². The number of carbonyl (C=O) groups is 3. The molecule has 132 valence electrons. The topological polar surface area (TPSA) is 107 Å². The van der Waals surface area contributed by atoms with Gasteiger partial charge in [0.2, 0.25) is 0 Å². The summed E-state index contributed by atoms with van der Waals surface area (Å²) in [5.74, 6) is -1.58. The lowest BCUT2D eigenvalue weighted by atomic mass is 10.2. The SMILES string of the molecule is CNc1snc(C)c1C(=O)OCC(=O)Nc1ccc(C(=O)OC)cc1. The summed E-state index contributed by atoms with van der Waals surface area (Å²) >= 11 is 1.15. The molecule has 0 saturated heterocycles. The Morgan fingerprint density at radius 3 is 2.44 bits per heavy atom. The first-order valence-electron chi connectivity index (χ1n) is 7.25. The zero-order valence-electron chi connectivity index (χ0n) is 13.9. The van der Waals surface area contributed by atoms with Gasteiger partial charge in [0.05, 0.1) is 18.4 Å². The van der Waals surface area contributed by atoms with Gasteiger partial charge in [-0.3, -0.25) is 4.79 Å². The maximum Gasteiger partial charge on any atom is 0.343 e. The van der Waals surface area contributed by atoms with Crippen molar-refractivity contribution in [2.45, 2.75) is 6.92 Å². The Morgan fingerprint density at radius 2 is 1.84 bits per heavy atom. The van der Waals surface area contributed by atoms with Crippen LogP contribution in [0.5, 0.6) is 0 Å². The van der Waals surface area contributed by atoms with E-state index in [2.05, 4.69) is 19.7 Å². The van der Waals surface area contributed by atoms with Crippen molar-refractivity contribution < 1.29 is 23.9 Å². The number of aromatic nitrogens is 1. The summed E-state index contributed by atoms with van der Waals surface area (Å²) < 4.78 is 13.7. The van der Waals surface area contributed by atoms with Gasteiger partial charge < -0.3 is 20.1 Å². The summed E-state index contributed by atoms with van der Waals surface area (Å²) in [6.07, 6.45) is 0. The molecule has 1 heterocycles. The molecule has 0 bridgehead atoms. The van der Waals surface area contributed by atoms with Gasteiger partial charge in [-0.15, -0.1) is 0 Å². The van der Waals surface area contributed by atoms with Crippen LogP contribution in [0.4, 0.5) is 10.7 Å². The van der Waals surface area contributed by atoms with Gasteiger partial charge in [0, 0.05) is 12.7 Å². The molecular weight excluding hydrogens is 346 g/mol. The summed E-state index contributed by atoms with van der Waals surface area (Å²) in [4.78, 5) is 35.3. The Labute approximate surface area is 148 Å². The summed E-state index contributed by atoms with van der Waals surface area (Å²) in [7, 11) is 2.96. The van der Waals surface area contributed by atoms with E-state index in [1.807, 2.05) is 0 Å². The molecule has 0 aliphatic heterocycles. The molecule has 9 heteroatoms. The number of hydrogen-bond donors (Lipinski definition) is 2. The molecule has 1 aromatic carbocycles. The molecule has 0 saturated carbocycles. The second-order valence-electron chi connectivity index (χ2n) is 4.92. The third-order valence-electron chi connectivity index (χ3n) is 3.22. The van der Waals surface area contributed by atoms with Gasteiger partial charge in [-0.05, 0) is 42.7 Å². The van der Waals surface area contributed by atoms with Crippen LogP contribution in [-0.4, -0.2) is 43.0 Å². The predicted molar refractivity (Wildman–Crippen MR) is 93.1 cm³/mol. The van der Waals surface area contributed by atoms with Crippen LogP contribution < -0.4 is 10.6 Å². The summed E-state index contributed by atoms with van der Waals surface area (Å²) in [5, 5.41) is 6.02. The number of methoxy groups -OCH3 is 1. The summed E-state index contributed by atoms with van der Waals surface area (Å²) in [5.41, 5.74) is 1.70. The molecule has 0 aliphatic carbocycles. The summed E-state index contributed by atoms with van der Waals surface area (Å²) in [6, 6.07) is 6.15. The molecular formula is C16H17N3O5S. The third kappa shape index (κ3) is 4.54. The molecule has 0 spiro atoms. The standard InChI is InChI=1S/C16H17N3O5S/c1-9-13(14(17-2)25-19-9)16(22)24-8-12(20)18-11-6-4-10(5-7-11)15(21)23-3/h4-7,17H,8H2,1-3H3,(H,18,20). The highest BCUT2D eigenvalue weighted by Gasteiger charge is 2.20. The Kier molecular flexibility index (Phi) is 6.07. The number of benzene rings is 1. The van der Waals surface area contributed by atoms with Gasteiger partial charge in [-0.2, -0.15) is 4.37 Å². The maximum atomic E-state index is 12.1. The second-order valence-corrected chi connectivity index (χ2v) is 5.69. The number of carbonyl (C=O) groups excluding carboxylic acids is 3. The molecule has 2 aromatic rings. The molecule has 0 atom stereocenters. The minimum Gasteiger partial charge on any atom is -0.465 e. The van der Waals surface area contributed by atoms with Gasteiger partial charge in [0.15, 0.2) is 6.61 Å². The molecule has 1 amide bonds. The maximum absolute atomic E-state index is 12.1. The van der Waals surface area contributed by atoms with Crippen LogP contribution in [0, 0.1) is 6.92 Å².